The molecule has 2 bridgehead atoms. The molecular weight excluding hydrogens is 306 g/mol. The standard InChI is InChI=1S/C15H36N3Si3/c1-19(2)17(20(3)4)21(5,6)15-7-11-18-12-8-16(9-13-18)10-14-18/h7-15H2,1-6H3/q+1. The molecule has 0 amide bonds. The fraction of sp³-hybridized carbons (Fsp3) is 1.00. The van der Waals surface area contributed by atoms with Crippen LogP contribution in [0.2, 0.25) is 45.3 Å². The van der Waals surface area contributed by atoms with Crippen LogP contribution in [0.3, 0.4) is 0 Å². The van der Waals surface area contributed by atoms with E-state index in [1.165, 1.54) is 62.8 Å². The van der Waals surface area contributed by atoms with Gasteiger partial charge in [-0.3, -0.25) is 4.90 Å². The Morgan fingerprint density at radius 2 is 1.43 bits per heavy atom. The molecule has 3 aliphatic rings. The largest absolute Gasteiger partial charge is 0.370 e. The molecule has 0 saturated carbocycles. The predicted molar refractivity (Wildman–Crippen MR) is 99.9 cm³/mol. The number of quaternary nitrogens is 1. The lowest BCUT2D eigenvalue weighted by Gasteiger charge is -2.51. The van der Waals surface area contributed by atoms with Crippen LogP contribution >= 0.6 is 0 Å². The van der Waals surface area contributed by atoms with E-state index in [1.54, 1.807) is 0 Å². The minimum absolute atomic E-state index is 0.268. The zero-order chi connectivity index (χ0) is 15.7. The summed E-state index contributed by atoms with van der Waals surface area (Å²) in [5, 5.41) is 0. The zero-order valence-corrected chi connectivity index (χ0v) is 18.2. The second-order valence-electron chi connectivity index (χ2n) is 8.22. The number of hydrogen-bond acceptors (Lipinski definition) is 2. The van der Waals surface area contributed by atoms with Crippen molar-refractivity contribution < 1.29 is 4.48 Å². The molecule has 0 atom stereocenters. The molecule has 3 aliphatic heterocycles. The van der Waals surface area contributed by atoms with Crippen molar-refractivity contribution in [1.82, 2.24) is 8.80 Å². The van der Waals surface area contributed by atoms with Crippen molar-refractivity contribution in [3.8, 4) is 0 Å². The maximum Gasteiger partial charge on any atom is 0.115 e. The van der Waals surface area contributed by atoms with Gasteiger partial charge in [-0.1, -0.05) is 39.3 Å². The summed E-state index contributed by atoms with van der Waals surface area (Å²) in [5.74, 6) is 0. The van der Waals surface area contributed by atoms with Crippen molar-refractivity contribution in [3.63, 3.8) is 0 Å². The first-order valence-corrected chi connectivity index (χ1v) is 16.8. The highest BCUT2D eigenvalue weighted by atomic mass is 28.4. The summed E-state index contributed by atoms with van der Waals surface area (Å²) in [6.07, 6.45) is 1.47. The Balaban J connectivity index is 1.86. The van der Waals surface area contributed by atoms with E-state index < -0.39 is 8.24 Å². The van der Waals surface area contributed by atoms with Gasteiger partial charge >= 0.3 is 0 Å². The van der Waals surface area contributed by atoms with Gasteiger partial charge in [-0.05, 0) is 12.5 Å². The van der Waals surface area contributed by atoms with Crippen LogP contribution in [0.25, 0.3) is 0 Å². The molecule has 0 unspecified atom stereocenters. The highest BCUT2D eigenvalue weighted by Gasteiger charge is 2.39. The molecule has 3 heterocycles. The van der Waals surface area contributed by atoms with Crippen LogP contribution in [0.15, 0.2) is 0 Å². The van der Waals surface area contributed by atoms with E-state index >= 15 is 0 Å². The molecule has 0 aliphatic carbocycles. The lowest BCUT2D eigenvalue weighted by molar-refractivity contribution is -0.941. The van der Waals surface area contributed by atoms with Crippen LogP contribution in [0, 0.1) is 0 Å². The van der Waals surface area contributed by atoms with E-state index in [1.807, 2.05) is 0 Å². The van der Waals surface area contributed by atoms with Gasteiger partial charge in [-0.2, -0.15) is 0 Å². The SMILES string of the molecule is C[Si](C)N([Si](C)C)[Si](C)(C)CCC[N+]12CCN(CC1)CC2. The smallest absolute Gasteiger partial charge is 0.115 e. The van der Waals surface area contributed by atoms with Gasteiger partial charge in [0.05, 0.1) is 26.2 Å². The van der Waals surface area contributed by atoms with Gasteiger partial charge in [0, 0.05) is 19.6 Å². The Labute approximate surface area is 137 Å². The summed E-state index contributed by atoms with van der Waals surface area (Å²) in [6, 6.07) is 1.52. The topological polar surface area (TPSA) is 6.48 Å². The predicted octanol–water partition coefficient (Wildman–Crippen LogP) is 2.53. The van der Waals surface area contributed by atoms with Crippen LogP contribution in [-0.2, 0) is 0 Å². The van der Waals surface area contributed by atoms with Gasteiger partial charge in [-0.25, -0.2) is 0 Å². The third kappa shape index (κ3) is 4.29. The fourth-order valence-corrected chi connectivity index (χ4v) is 19.9. The molecule has 0 aromatic rings. The van der Waals surface area contributed by atoms with Crippen molar-refractivity contribution in [1.29, 1.82) is 0 Å². The van der Waals surface area contributed by atoms with E-state index in [0.717, 1.165) is 0 Å². The molecule has 3 saturated heterocycles. The second kappa shape index (κ2) is 6.97. The molecule has 3 nitrogen and oxygen atoms in total. The highest BCUT2D eigenvalue weighted by Crippen LogP contribution is 2.25. The Bertz CT molecular complexity index is 317. The van der Waals surface area contributed by atoms with E-state index in [9.17, 15) is 0 Å². The van der Waals surface area contributed by atoms with E-state index in [2.05, 4.69) is 48.1 Å². The van der Waals surface area contributed by atoms with Crippen molar-refractivity contribution in [3.05, 3.63) is 0 Å². The van der Waals surface area contributed by atoms with Crippen LogP contribution < -0.4 is 0 Å². The summed E-state index contributed by atoms with van der Waals surface area (Å²) in [4.78, 5) is 2.66. The highest BCUT2D eigenvalue weighted by molar-refractivity contribution is 6.93. The van der Waals surface area contributed by atoms with Crippen LogP contribution in [0.4, 0.5) is 0 Å². The molecule has 3 fully saturated rings. The summed E-state index contributed by atoms with van der Waals surface area (Å²) >= 11 is 0. The normalized spacial score (nSPS) is 29.9. The quantitative estimate of drug-likeness (QED) is 0.518. The number of rotatable bonds is 7. The summed E-state index contributed by atoms with van der Waals surface area (Å²) in [7, 11) is -1.71. The molecule has 2 radical (unpaired) electrons. The lowest BCUT2D eigenvalue weighted by Crippen LogP contribution is -2.67. The number of nitrogens with zero attached hydrogens (tertiary/aromatic N) is 3. The third-order valence-electron chi connectivity index (χ3n) is 5.59. The number of fused-ring (bicyclic) bond motifs is 3. The second-order valence-corrected chi connectivity index (χ2v) is 18.8. The Kier molecular flexibility index (Phi) is 5.93. The first-order valence-electron chi connectivity index (χ1n) is 8.74. The van der Waals surface area contributed by atoms with Crippen molar-refractivity contribution >= 4 is 26.2 Å². The van der Waals surface area contributed by atoms with Gasteiger partial charge < -0.3 is 8.38 Å². The lowest BCUT2D eigenvalue weighted by atomic mass is 10.1. The van der Waals surface area contributed by atoms with Crippen molar-refractivity contribution in [2.45, 2.75) is 51.7 Å². The van der Waals surface area contributed by atoms with E-state index in [4.69, 9.17) is 0 Å². The summed E-state index contributed by atoms with van der Waals surface area (Å²) in [6.45, 7) is 25.1. The van der Waals surface area contributed by atoms with Gasteiger partial charge in [-0.15, -0.1) is 0 Å². The van der Waals surface area contributed by atoms with Crippen molar-refractivity contribution in [2.75, 3.05) is 45.8 Å². The molecular formula is C15H36N3Si3+. The maximum atomic E-state index is 3.04. The Morgan fingerprint density at radius 3 is 1.86 bits per heavy atom. The molecule has 0 N–H and O–H groups in total. The van der Waals surface area contributed by atoms with Crippen LogP contribution in [0.1, 0.15) is 6.42 Å². The van der Waals surface area contributed by atoms with Crippen LogP contribution in [0.5, 0.6) is 0 Å². The molecule has 3 rings (SSSR count). The number of hydrogen-bond donors (Lipinski definition) is 0. The molecule has 21 heavy (non-hydrogen) atoms. The molecule has 0 aromatic heterocycles. The van der Waals surface area contributed by atoms with E-state index in [0.29, 0.717) is 0 Å². The molecule has 0 spiro atoms. The maximum absolute atomic E-state index is 3.04. The monoisotopic (exact) mass is 342 g/mol. The van der Waals surface area contributed by atoms with Crippen LogP contribution in [-0.4, -0.2) is 85.2 Å². The third-order valence-corrected chi connectivity index (χ3v) is 19.2. The van der Waals surface area contributed by atoms with Crippen molar-refractivity contribution in [2.24, 2.45) is 0 Å². The summed E-state index contributed by atoms with van der Waals surface area (Å²) < 4.78 is 4.49. The van der Waals surface area contributed by atoms with Gasteiger partial charge in [0.1, 0.15) is 26.2 Å². The molecule has 6 heteroatoms. The van der Waals surface area contributed by atoms with Gasteiger partial charge in [0.2, 0.25) is 0 Å². The average Bonchev–Trinajstić information content (AvgIpc) is 2.38. The molecule has 122 valence electrons. The molecule has 0 aromatic carbocycles. The first-order chi connectivity index (χ1) is 9.76. The first kappa shape index (κ1) is 17.9. The summed E-state index contributed by atoms with van der Waals surface area (Å²) in [5.41, 5.74) is 0. The van der Waals surface area contributed by atoms with Gasteiger partial charge in [0.25, 0.3) is 0 Å². The Morgan fingerprint density at radius 1 is 0.952 bits per heavy atom. The number of piperazine rings is 3. The van der Waals surface area contributed by atoms with E-state index in [-0.39, 0.29) is 17.9 Å². The minimum Gasteiger partial charge on any atom is -0.370 e. The average molecular weight is 343 g/mol. The zero-order valence-electron chi connectivity index (χ0n) is 15.2. The minimum atomic E-state index is -1.17. The Hall–Kier alpha value is 0.531. The fourth-order valence-electron chi connectivity index (χ4n) is 4.68. The van der Waals surface area contributed by atoms with Gasteiger partial charge in [0.15, 0.2) is 0 Å².